The Labute approximate surface area is 192 Å². The maximum absolute atomic E-state index is 13.3. The number of aromatic amines is 1. The molecule has 3 amide bonds. The molecule has 1 aromatic heterocycles. The first-order chi connectivity index (χ1) is 14.9. The van der Waals surface area contributed by atoms with Crippen LogP contribution in [0.15, 0.2) is 18.2 Å². The van der Waals surface area contributed by atoms with Crippen molar-refractivity contribution in [3.05, 3.63) is 40.6 Å². The van der Waals surface area contributed by atoms with Crippen molar-refractivity contribution >= 4 is 33.5 Å². The largest absolute Gasteiger partial charge is 0.322 e. The van der Waals surface area contributed by atoms with Crippen molar-refractivity contribution in [2.24, 2.45) is 0 Å². The third kappa shape index (κ3) is 3.49. The normalized spacial score (nSPS) is 19.2. The number of nitrogens with one attached hydrogen (secondary N) is 3. The summed E-state index contributed by atoms with van der Waals surface area (Å²) >= 11 is 0. The molecule has 1 aliphatic carbocycles. The number of anilines is 2. The predicted molar refractivity (Wildman–Crippen MR) is 133 cm³/mol. The number of fused-ring (bicyclic) bond motifs is 1. The van der Waals surface area contributed by atoms with E-state index in [9.17, 15) is 9.59 Å². The maximum atomic E-state index is 13.3. The number of hydrogen-bond donors (Lipinski definition) is 3. The molecule has 0 bridgehead atoms. The average molecular weight is 458 g/mol. The molecule has 7 nitrogen and oxygen atoms in total. The van der Waals surface area contributed by atoms with E-state index in [4.69, 9.17) is 0 Å². The predicted octanol–water partition coefficient (Wildman–Crippen LogP) is 4.86. The number of benzene rings is 1. The Morgan fingerprint density at radius 3 is 2.41 bits per heavy atom. The molecular formula is C24H35N5O2S. The molecule has 1 fully saturated rings. The van der Waals surface area contributed by atoms with Crippen LogP contribution in [0.5, 0.6) is 0 Å². The van der Waals surface area contributed by atoms with Crippen molar-refractivity contribution in [2.75, 3.05) is 29.4 Å². The van der Waals surface area contributed by atoms with Crippen LogP contribution in [-0.4, -0.2) is 50.5 Å². The van der Waals surface area contributed by atoms with E-state index in [1.54, 1.807) is 4.90 Å². The van der Waals surface area contributed by atoms with Gasteiger partial charge in [0.05, 0.1) is 22.5 Å². The van der Waals surface area contributed by atoms with Crippen LogP contribution in [0.1, 0.15) is 55.5 Å². The van der Waals surface area contributed by atoms with Gasteiger partial charge in [-0.2, -0.15) is 5.10 Å². The minimum Gasteiger partial charge on any atom is -0.309 e. The van der Waals surface area contributed by atoms with E-state index in [1.165, 1.54) is 0 Å². The molecule has 2 aromatic rings. The lowest BCUT2D eigenvalue weighted by molar-refractivity contribution is -0.120. The summed E-state index contributed by atoms with van der Waals surface area (Å²) in [6.45, 7) is 8.38. The molecule has 8 heteroatoms. The van der Waals surface area contributed by atoms with Gasteiger partial charge in [-0.3, -0.25) is 9.89 Å². The van der Waals surface area contributed by atoms with E-state index in [2.05, 4.69) is 39.6 Å². The molecule has 3 N–H and O–H groups in total. The summed E-state index contributed by atoms with van der Waals surface area (Å²) in [7, 11) is -1.06. The Morgan fingerprint density at radius 1 is 1.12 bits per heavy atom. The smallest absolute Gasteiger partial charge is 0.309 e. The van der Waals surface area contributed by atoms with E-state index in [1.807, 2.05) is 45.9 Å². The van der Waals surface area contributed by atoms with Gasteiger partial charge in [0.25, 0.3) is 0 Å². The van der Waals surface area contributed by atoms with Crippen molar-refractivity contribution in [1.82, 2.24) is 15.1 Å². The highest BCUT2D eigenvalue weighted by Crippen LogP contribution is 2.60. The van der Waals surface area contributed by atoms with Gasteiger partial charge in [0.1, 0.15) is 0 Å². The zero-order chi connectivity index (χ0) is 23.5. The number of aryl methyl sites for hydroxylation is 2. The van der Waals surface area contributed by atoms with E-state index in [-0.39, 0.29) is 16.7 Å². The fourth-order valence-corrected chi connectivity index (χ4v) is 6.96. The molecule has 2 heterocycles. The molecule has 1 saturated carbocycles. The molecule has 0 spiro atoms. The molecular weight excluding hydrogens is 422 g/mol. The van der Waals surface area contributed by atoms with Gasteiger partial charge in [-0.1, -0.05) is 12.1 Å². The number of hydrogen-bond acceptors (Lipinski definition) is 3. The van der Waals surface area contributed by atoms with E-state index >= 15 is 0 Å². The third-order valence-corrected chi connectivity index (χ3v) is 10.3. The van der Waals surface area contributed by atoms with Gasteiger partial charge in [-0.25, -0.2) is 14.8 Å². The first-order valence-corrected chi connectivity index (χ1v) is 14.0. The van der Waals surface area contributed by atoms with Gasteiger partial charge in [-0.05, 0) is 82.9 Å². The van der Waals surface area contributed by atoms with Crippen LogP contribution in [-0.2, 0) is 16.9 Å². The third-order valence-electron chi connectivity index (χ3n) is 7.33. The van der Waals surface area contributed by atoms with Crippen LogP contribution in [0.25, 0.3) is 0 Å². The summed E-state index contributed by atoms with van der Waals surface area (Å²) in [6.07, 6.45) is 9.59. The summed E-state index contributed by atoms with van der Waals surface area (Å²) in [5.74, 6) is 0.617. The van der Waals surface area contributed by atoms with Gasteiger partial charge < -0.3 is 15.5 Å². The highest BCUT2D eigenvalue weighted by molar-refractivity contribution is 8.33. The van der Waals surface area contributed by atoms with Gasteiger partial charge in [0, 0.05) is 11.3 Å². The second-order valence-electron chi connectivity index (χ2n) is 10.5. The van der Waals surface area contributed by atoms with Crippen molar-refractivity contribution < 1.29 is 9.59 Å². The second-order valence-corrected chi connectivity index (χ2v) is 14.9. The summed E-state index contributed by atoms with van der Waals surface area (Å²) in [4.78, 5) is 28.3. The lowest BCUT2D eigenvalue weighted by Gasteiger charge is -2.53. The van der Waals surface area contributed by atoms with E-state index < -0.39 is 15.6 Å². The highest BCUT2D eigenvalue weighted by atomic mass is 32.3. The van der Waals surface area contributed by atoms with Crippen molar-refractivity contribution in [1.29, 1.82) is 0 Å². The number of carbonyl (C=O) groups excluding carboxylic acids is 2. The molecule has 1 aromatic carbocycles. The van der Waals surface area contributed by atoms with Gasteiger partial charge >= 0.3 is 6.03 Å². The number of aromatic nitrogens is 2. The fourth-order valence-electron chi connectivity index (χ4n) is 4.83. The van der Waals surface area contributed by atoms with Crippen LogP contribution >= 0.6 is 10.0 Å². The first kappa shape index (κ1) is 22.7. The molecule has 32 heavy (non-hydrogen) atoms. The average Bonchev–Trinajstić information content (AvgIpc) is 3.14. The first-order valence-electron chi connectivity index (χ1n) is 11.1. The number of H-pyrrole nitrogens is 1. The Kier molecular flexibility index (Phi) is 5.35. The zero-order valence-electron chi connectivity index (χ0n) is 20.2. The van der Waals surface area contributed by atoms with Crippen molar-refractivity contribution in [3.8, 4) is 0 Å². The lowest BCUT2D eigenvalue weighted by atomic mass is 9.83. The summed E-state index contributed by atoms with van der Waals surface area (Å²) in [5, 5.41) is 13.7. The molecule has 174 valence electrons. The quantitative estimate of drug-likeness (QED) is 0.612. The Hall–Kier alpha value is -2.48. The Bertz CT molecular complexity index is 1080. The van der Waals surface area contributed by atoms with Crippen LogP contribution in [0.4, 0.5) is 16.3 Å². The Balaban J connectivity index is 1.55. The second kappa shape index (κ2) is 7.54. The SMILES string of the molecule is Cc1ccc(C)c(NC(=O)N2Cc3c(NC(=O)C4(S(C)(C)C)CCC4)n[nH]c3C2(C)C)c1. The number of carbonyl (C=O) groups is 2. The molecule has 2 aliphatic rings. The number of urea groups is 1. The van der Waals surface area contributed by atoms with E-state index in [0.717, 1.165) is 47.3 Å². The molecule has 4 rings (SSSR count). The Morgan fingerprint density at radius 2 is 1.81 bits per heavy atom. The summed E-state index contributed by atoms with van der Waals surface area (Å²) in [5.41, 5.74) is 4.11. The van der Waals surface area contributed by atoms with Gasteiger partial charge in [0.15, 0.2) is 5.82 Å². The zero-order valence-corrected chi connectivity index (χ0v) is 21.0. The van der Waals surface area contributed by atoms with E-state index in [0.29, 0.717) is 12.4 Å². The van der Waals surface area contributed by atoms with Crippen LogP contribution in [0.2, 0.25) is 0 Å². The van der Waals surface area contributed by atoms with Crippen molar-refractivity contribution in [2.45, 2.75) is 63.8 Å². The number of nitrogens with zero attached hydrogens (tertiary/aromatic N) is 2. The maximum Gasteiger partial charge on any atom is 0.322 e. The lowest BCUT2D eigenvalue weighted by Crippen LogP contribution is -2.51. The fraction of sp³-hybridized carbons (Fsp3) is 0.542. The monoisotopic (exact) mass is 457 g/mol. The van der Waals surface area contributed by atoms with Crippen molar-refractivity contribution in [3.63, 3.8) is 0 Å². The topological polar surface area (TPSA) is 90.1 Å². The molecule has 0 atom stereocenters. The highest BCUT2D eigenvalue weighted by Gasteiger charge is 2.51. The summed E-state index contributed by atoms with van der Waals surface area (Å²) in [6, 6.07) is 5.86. The number of rotatable bonds is 4. The minimum atomic E-state index is -1.06. The van der Waals surface area contributed by atoms with Gasteiger partial charge in [-0.15, -0.1) is 0 Å². The van der Waals surface area contributed by atoms with Crippen LogP contribution in [0.3, 0.4) is 0 Å². The summed E-state index contributed by atoms with van der Waals surface area (Å²) < 4.78 is -0.285. The van der Waals surface area contributed by atoms with Gasteiger partial charge in [0.2, 0.25) is 5.91 Å². The molecule has 0 radical (unpaired) electrons. The number of amides is 3. The van der Waals surface area contributed by atoms with Crippen LogP contribution < -0.4 is 10.6 Å². The van der Waals surface area contributed by atoms with Crippen LogP contribution in [0, 0.1) is 13.8 Å². The molecule has 0 saturated heterocycles. The minimum absolute atomic E-state index is 0.0663. The molecule has 0 unspecified atom stereocenters. The molecule has 1 aliphatic heterocycles. The standard InChI is InChI=1S/C24H35N5O2S/c1-15-9-10-16(2)18(13-15)25-22(31)29-14-17-19(23(29,3)4)27-28-20(17)26-21(30)24(11-8-12-24)32(5,6)7/h9-10,13H,8,11-12,14H2,1-7H3,(H,25,31)(H2,26,27,28,30).